The van der Waals surface area contributed by atoms with Crippen molar-refractivity contribution in [2.45, 2.75) is 52.0 Å². The van der Waals surface area contributed by atoms with Crippen molar-refractivity contribution in [2.75, 3.05) is 5.32 Å². The Morgan fingerprint density at radius 1 is 1.43 bits per heavy atom. The lowest BCUT2D eigenvalue weighted by molar-refractivity contribution is -0.116. The van der Waals surface area contributed by atoms with Gasteiger partial charge in [-0.2, -0.15) is 0 Å². The second-order valence-electron chi connectivity index (χ2n) is 5.69. The van der Waals surface area contributed by atoms with Crippen molar-refractivity contribution in [1.82, 2.24) is 4.98 Å². The fourth-order valence-electron chi connectivity index (χ4n) is 2.19. The van der Waals surface area contributed by atoms with Crippen LogP contribution in [0.25, 0.3) is 11.1 Å². The van der Waals surface area contributed by atoms with E-state index in [0.29, 0.717) is 12.3 Å². The minimum Gasteiger partial charge on any atom is -0.440 e. The fourth-order valence-corrected chi connectivity index (χ4v) is 2.19. The first-order valence-corrected chi connectivity index (χ1v) is 7.45. The number of anilines is 1. The van der Waals surface area contributed by atoms with Crippen LogP contribution in [0.2, 0.25) is 0 Å². The van der Waals surface area contributed by atoms with E-state index in [0.717, 1.165) is 29.6 Å². The van der Waals surface area contributed by atoms with E-state index in [4.69, 9.17) is 10.2 Å². The molecule has 0 fully saturated rings. The summed E-state index contributed by atoms with van der Waals surface area (Å²) in [6.45, 7) is 6.12. The van der Waals surface area contributed by atoms with Crippen LogP contribution in [0.1, 0.15) is 51.8 Å². The first-order chi connectivity index (χ1) is 9.99. The van der Waals surface area contributed by atoms with Crippen molar-refractivity contribution in [3.8, 4) is 0 Å². The van der Waals surface area contributed by atoms with Crippen LogP contribution < -0.4 is 11.1 Å². The van der Waals surface area contributed by atoms with Crippen LogP contribution in [0.15, 0.2) is 22.6 Å². The lowest BCUT2D eigenvalue weighted by Crippen LogP contribution is -2.26. The van der Waals surface area contributed by atoms with Crippen LogP contribution in [-0.2, 0) is 4.79 Å². The number of nitrogens with one attached hydrogen (secondary N) is 1. The van der Waals surface area contributed by atoms with Gasteiger partial charge in [0.1, 0.15) is 5.52 Å². The van der Waals surface area contributed by atoms with Gasteiger partial charge in [0, 0.05) is 24.1 Å². The Labute approximate surface area is 124 Å². The van der Waals surface area contributed by atoms with E-state index < -0.39 is 0 Å². The number of amides is 1. The summed E-state index contributed by atoms with van der Waals surface area (Å²) in [5.74, 6) is 0.879. The van der Waals surface area contributed by atoms with Gasteiger partial charge in [-0.05, 0) is 24.6 Å². The van der Waals surface area contributed by atoms with Crippen LogP contribution in [0.5, 0.6) is 0 Å². The van der Waals surface area contributed by atoms with E-state index in [9.17, 15) is 4.79 Å². The van der Waals surface area contributed by atoms with Gasteiger partial charge in [-0.3, -0.25) is 4.79 Å². The van der Waals surface area contributed by atoms with Crippen molar-refractivity contribution in [2.24, 2.45) is 5.73 Å². The Balaban J connectivity index is 2.07. The summed E-state index contributed by atoms with van der Waals surface area (Å²) in [5.41, 5.74) is 8.09. The van der Waals surface area contributed by atoms with Crippen molar-refractivity contribution in [1.29, 1.82) is 0 Å². The molecular formula is C16H23N3O2. The summed E-state index contributed by atoms with van der Waals surface area (Å²) in [5, 5.41) is 2.86. The van der Waals surface area contributed by atoms with Crippen LogP contribution in [0.4, 0.5) is 5.69 Å². The van der Waals surface area contributed by atoms with Gasteiger partial charge in [0.05, 0.1) is 0 Å². The molecule has 1 aromatic heterocycles. The normalized spacial score (nSPS) is 12.8. The fraction of sp³-hybridized carbons (Fsp3) is 0.500. The van der Waals surface area contributed by atoms with Crippen molar-refractivity contribution < 1.29 is 9.21 Å². The molecule has 1 atom stereocenters. The predicted molar refractivity (Wildman–Crippen MR) is 84.2 cm³/mol. The summed E-state index contributed by atoms with van der Waals surface area (Å²) >= 11 is 0. The molecule has 0 aliphatic heterocycles. The Bertz CT molecular complexity index is 619. The average molecular weight is 289 g/mol. The SMILES string of the molecule is CCCC(N)CC(=O)Nc1ccc2oc(C(C)C)nc2c1. The minimum atomic E-state index is -0.0849. The Morgan fingerprint density at radius 2 is 2.19 bits per heavy atom. The second kappa shape index (κ2) is 6.72. The van der Waals surface area contributed by atoms with Crippen molar-refractivity contribution in [3.05, 3.63) is 24.1 Å². The molecule has 1 aromatic carbocycles. The molecule has 5 nitrogen and oxygen atoms in total. The van der Waals surface area contributed by atoms with Gasteiger partial charge in [-0.15, -0.1) is 0 Å². The number of benzene rings is 1. The molecule has 0 aliphatic rings. The zero-order chi connectivity index (χ0) is 15.4. The molecule has 0 saturated carbocycles. The first kappa shape index (κ1) is 15.5. The molecule has 0 radical (unpaired) electrons. The molecular weight excluding hydrogens is 266 g/mol. The highest BCUT2D eigenvalue weighted by atomic mass is 16.3. The van der Waals surface area contributed by atoms with E-state index in [2.05, 4.69) is 17.2 Å². The quantitative estimate of drug-likeness (QED) is 0.854. The maximum absolute atomic E-state index is 11.9. The third-order valence-electron chi connectivity index (χ3n) is 3.29. The summed E-state index contributed by atoms with van der Waals surface area (Å²) in [7, 11) is 0. The zero-order valence-electron chi connectivity index (χ0n) is 12.8. The highest BCUT2D eigenvalue weighted by Gasteiger charge is 2.12. The van der Waals surface area contributed by atoms with Gasteiger partial charge in [0.25, 0.3) is 0 Å². The molecule has 1 amide bonds. The molecule has 114 valence electrons. The molecule has 2 aromatic rings. The Morgan fingerprint density at radius 3 is 2.86 bits per heavy atom. The number of hydrogen-bond acceptors (Lipinski definition) is 4. The Hall–Kier alpha value is -1.88. The maximum Gasteiger partial charge on any atom is 0.225 e. The number of carbonyl (C=O) groups is 1. The largest absolute Gasteiger partial charge is 0.440 e. The monoisotopic (exact) mass is 289 g/mol. The smallest absolute Gasteiger partial charge is 0.225 e. The van der Waals surface area contributed by atoms with Gasteiger partial charge < -0.3 is 15.5 Å². The average Bonchev–Trinajstić information content (AvgIpc) is 2.81. The van der Waals surface area contributed by atoms with Crippen LogP contribution >= 0.6 is 0 Å². The molecule has 1 heterocycles. The summed E-state index contributed by atoms with van der Waals surface area (Å²) in [6, 6.07) is 5.39. The standard InChI is InChI=1S/C16H23N3O2/c1-4-5-11(17)8-15(20)18-12-6-7-14-13(9-12)19-16(21-14)10(2)3/h6-7,9-11H,4-5,8,17H2,1-3H3,(H,18,20). The summed E-state index contributed by atoms with van der Waals surface area (Å²) < 4.78 is 5.64. The van der Waals surface area contributed by atoms with Crippen molar-refractivity contribution in [3.63, 3.8) is 0 Å². The van der Waals surface area contributed by atoms with Gasteiger partial charge in [0.15, 0.2) is 11.5 Å². The number of oxazole rings is 1. The molecule has 0 bridgehead atoms. The van der Waals surface area contributed by atoms with E-state index >= 15 is 0 Å². The highest BCUT2D eigenvalue weighted by Crippen LogP contribution is 2.23. The number of aromatic nitrogens is 1. The zero-order valence-corrected chi connectivity index (χ0v) is 12.8. The van der Waals surface area contributed by atoms with Gasteiger partial charge in [-0.25, -0.2) is 4.98 Å². The number of carbonyl (C=O) groups excluding carboxylic acids is 1. The molecule has 3 N–H and O–H groups in total. The number of rotatable bonds is 6. The third kappa shape index (κ3) is 4.04. The number of nitrogens with zero attached hydrogens (tertiary/aromatic N) is 1. The van der Waals surface area contributed by atoms with Crippen LogP contribution in [0.3, 0.4) is 0 Å². The van der Waals surface area contributed by atoms with E-state index in [-0.39, 0.29) is 17.9 Å². The topological polar surface area (TPSA) is 81.2 Å². The van der Waals surface area contributed by atoms with Gasteiger partial charge >= 0.3 is 0 Å². The van der Waals surface area contributed by atoms with Crippen molar-refractivity contribution >= 4 is 22.7 Å². The van der Waals surface area contributed by atoms with Crippen LogP contribution in [0, 0.1) is 0 Å². The van der Waals surface area contributed by atoms with E-state index in [1.54, 1.807) is 0 Å². The summed E-state index contributed by atoms with van der Waals surface area (Å²) in [6.07, 6.45) is 2.17. The number of nitrogens with two attached hydrogens (primary N) is 1. The van der Waals surface area contributed by atoms with E-state index in [1.165, 1.54) is 0 Å². The molecule has 1 unspecified atom stereocenters. The molecule has 0 aliphatic carbocycles. The minimum absolute atomic E-state index is 0.0668. The first-order valence-electron chi connectivity index (χ1n) is 7.45. The second-order valence-corrected chi connectivity index (χ2v) is 5.69. The predicted octanol–water partition coefficient (Wildman–Crippen LogP) is 3.41. The summed E-state index contributed by atoms with van der Waals surface area (Å²) in [4.78, 5) is 16.3. The maximum atomic E-state index is 11.9. The number of fused-ring (bicyclic) bond motifs is 1. The third-order valence-corrected chi connectivity index (χ3v) is 3.29. The molecule has 0 spiro atoms. The van der Waals surface area contributed by atoms with Crippen LogP contribution in [-0.4, -0.2) is 16.9 Å². The Kier molecular flexibility index (Phi) is 4.96. The van der Waals surface area contributed by atoms with E-state index in [1.807, 2.05) is 32.0 Å². The lowest BCUT2D eigenvalue weighted by atomic mass is 10.1. The van der Waals surface area contributed by atoms with Gasteiger partial charge in [-0.1, -0.05) is 27.2 Å². The molecule has 21 heavy (non-hydrogen) atoms. The van der Waals surface area contributed by atoms with Gasteiger partial charge in [0.2, 0.25) is 5.91 Å². The highest BCUT2D eigenvalue weighted by molar-refractivity contribution is 5.93. The molecule has 0 saturated heterocycles. The molecule has 5 heteroatoms. The lowest BCUT2D eigenvalue weighted by Gasteiger charge is -2.10. The number of hydrogen-bond donors (Lipinski definition) is 2. The molecule has 2 rings (SSSR count).